The highest BCUT2D eigenvalue weighted by Crippen LogP contribution is 2.49. The highest BCUT2D eigenvalue weighted by Gasteiger charge is 2.48. The zero-order valence-corrected chi connectivity index (χ0v) is 15.4. The molecule has 0 radical (unpaired) electrons. The average Bonchev–Trinajstić information content (AvgIpc) is 3.34. The van der Waals surface area contributed by atoms with Crippen LogP contribution < -0.4 is 10.9 Å². The Morgan fingerprint density at radius 3 is 2.54 bits per heavy atom. The first-order valence-corrected chi connectivity index (χ1v) is 8.62. The summed E-state index contributed by atoms with van der Waals surface area (Å²) < 4.78 is 5.22. The number of amides is 1. The first kappa shape index (κ1) is 18.1. The van der Waals surface area contributed by atoms with Crippen molar-refractivity contribution in [1.82, 2.24) is 15.5 Å². The van der Waals surface area contributed by atoms with Crippen LogP contribution in [0.2, 0.25) is 0 Å². The van der Waals surface area contributed by atoms with Crippen LogP contribution in [0.3, 0.4) is 0 Å². The van der Waals surface area contributed by atoms with Crippen LogP contribution in [0.25, 0.3) is 10.8 Å². The van der Waals surface area contributed by atoms with Gasteiger partial charge in [-0.2, -0.15) is 5.10 Å². The largest absolute Gasteiger partial charge is 0.444 e. The second-order valence-corrected chi connectivity index (χ2v) is 7.75. The summed E-state index contributed by atoms with van der Waals surface area (Å²) in [4.78, 5) is 36.0. The van der Waals surface area contributed by atoms with Crippen molar-refractivity contribution in [2.24, 2.45) is 0 Å². The van der Waals surface area contributed by atoms with Gasteiger partial charge >= 0.3 is 6.09 Å². The van der Waals surface area contributed by atoms with Gasteiger partial charge in [-0.15, -0.1) is 0 Å². The van der Waals surface area contributed by atoms with Crippen LogP contribution in [0.15, 0.2) is 23.0 Å². The Bertz CT molecular complexity index is 936. The molecule has 3 rings (SSSR count). The summed E-state index contributed by atoms with van der Waals surface area (Å²) in [6.07, 6.45) is 1.07. The summed E-state index contributed by atoms with van der Waals surface area (Å²) >= 11 is 0. The Kier molecular flexibility index (Phi) is 4.34. The standard InChI is InChI=1S/C19H23N3O4/c1-11(23)19(7-8-19)12-5-6-13-14(9-12)15(21-22-16(13)24)10-20-17(25)26-18(2,3)4/h5-6,9H,7-8,10H2,1-4H3,(H,20,25)(H,22,24). The van der Waals surface area contributed by atoms with Crippen molar-refractivity contribution in [2.75, 3.05) is 0 Å². The molecule has 1 heterocycles. The number of nitrogens with zero attached hydrogens (tertiary/aromatic N) is 1. The predicted molar refractivity (Wildman–Crippen MR) is 97.0 cm³/mol. The molecule has 1 fully saturated rings. The van der Waals surface area contributed by atoms with Gasteiger partial charge in [0.25, 0.3) is 5.56 Å². The molecule has 2 aromatic rings. The third-order valence-electron chi connectivity index (χ3n) is 4.64. The van der Waals surface area contributed by atoms with Crippen LogP contribution in [-0.2, 0) is 21.5 Å². The number of Topliss-reactive ketones (excluding diaryl/α,β-unsaturated/α-hetero) is 1. The van der Waals surface area contributed by atoms with Crippen LogP contribution >= 0.6 is 0 Å². The molecule has 2 N–H and O–H groups in total. The molecule has 0 unspecified atom stereocenters. The molecule has 0 aliphatic heterocycles. The summed E-state index contributed by atoms with van der Waals surface area (Å²) in [5.41, 5.74) is 0.0693. The molecule has 0 saturated heterocycles. The number of ether oxygens (including phenoxy) is 1. The van der Waals surface area contributed by atoms with Gasteiger partial charge in [0.05, 0.1) is 23.0 Å². The number of H-pyrrole nitrogens is 1. The normalized spacial score (nSPS) is 15.5. The van der Waals surface area contributed by atoms with Crippen molar-refractivity contribution in [1.29, 1.82) is 0 Å². The maximum atomic E-state index is 12.1. The molecule has 1 aromatic heterocycles. The highest BCUT2D eigenvalue weighted by atomic mass is 16.6. The molecule has 138 valence electrons. The van der Waals surface area contributed by atoms with E-state index in [0.717, 1.165) is 18.4 Å². The van der Waals surface area contributed by atoms with Gasteiger partial charge in [-0.25, -0.2) is 9.89 Å². The number of benzene rings is 1. The predicted octanol–water partition coefficient (Wildman–Crippen LogP) is 2.57. The maximum Gasteiger partial charge on any atom is 0.407 e. The van der Waals surface area contributed by atoms with Crippen molar-refractivity contribution < 1.29 is 14.3 Å². The fourth-order valence-corrected chi connectivity index (χ4v) is 3.09. The summed E-state index contributed by atoms with van der Waals surface area (Å²) in [5, 5.41) is 10.3. The van der Waals surface area contributed by atoms with Crippen LogP contribution in [0.1, 0.15) is 51.8 Å². The summed E-state index contributed by atoms with van der Waals surface area (Å²) in [5.74, 6) is 0.128. The topological polar surface area (TPSA) is 101 Å². The minimum atomic E-state index is -0.600. The van der Waals surface area contributed by atoms with E-state index < -0.39 is 17.1 Å². The number of aromatic amines is 1. The average molecular weight is 357 g/mol. The number of rotatable bonds is 4. The minimum Gasteiger partial charge on any atom is -0.444 e. The fraction of sp³-hybridized carbons (Fsp3) is 0.474. The Morgan fingerprint density at radius 2 is 1.96 bits per heavy atom. The van der Waals surface area contributed by atoms with E-state index in [-0.39, 0.29) is 17.9 Å². The number of carbonyl (C=O) groups is 2. The SMILES string of the molecule is CC(=O)C1(c2ccc3c(=O)[nH]nc(CNC(=O)OC(C)(C)C)c3c2)CC1. The molecule has 1 aromatic carbocycles. The first-order valence-electron chi connectivity index (χ1n) is 8.62. The van der Waals surface area contributed by atoms with Crippen molar-refractivity contribution in [3.8, 4) is 0 Å². The number of nitrogens with one attached hydrogen (secondary N) is 2. The summed E-state index contributed by atoms with van der Waals surface area (Å²) in [7, 11) is 0. The van der Waals surface area contributed by atoms with E-state index in [2.05, 4.69) is 15.5 Å². The Balaban J connectivity index is 1.93. The lowest BCUT2D eigenvalue weighted by Gasteiger charge is -2.19. The molecule has 7 heteroatoms. The van der Waals surface area contributed by atoms with Gasteiger partial charge in [-0.05, 0) is 58.2 Å². The molecular formula is C19H23N3O4. The van der Waals surface area contributed by atoms with Crippen molar-refractivity contribution in [2.45, 2.75) is 58.1 Å². The van der Waals surface area contributed by atoms with E-state index in [9.17, 15) is 14.4 Å². The smallest absolute Gasteiger partial charge is 0.407 e. The second-order valence-electron chi connectivity index (χ2n) is 7.75. The fourth-order valence-electron chi connectivity index (χ4n) is 3.09. The first-order chi connectivity index (χ1) is 12.1. The number of fused-ring (bicyclic) bond motifs is 1. The molecule has 1 aliphatic carbocycles. The van der Waals surface area contributed by atoms with Crippen LogP contribution in [-0.4, -0.2) is 27.7 Å². The van der Waals surface area contributed by atoms with E-state index in [1.54, 1.807) is 33.8 Å². The number of hydrogen-bond acceptors (Lipinski definition) is 5. The molecule has 1 aliphatic rings. The lowest BCUT2D eigenvalue weighted by atomic mass is 9.90. The van der Waals surface area contributed by atoms with Gasteiger partial charge in [-0.1, -0.05) is 6.07 Å². The number of alkyl carbamates (subject to hydrolysis) is 1. The molecule has 0 bridgehead atoms. The number of ketones is 1. The highest BCUT2D eigenvalue weighted by molar-refractivity contribution is 5.93. The summed E-state index contributed by atoms with van der Waals surface area (Å²) in [6.45, 7) is 7.05. The second kappa shape index (κ2) is 6.23. The molecule has 0 atom stereocenters. The molecule has 1 saturated carbocycles. The van der Waals surface area contributed by atoms with E-state index in [1.807, 2.05) is 12.1 Å². The van der Waals surface area contributed by atoms with Crippen molar-refractivity contribution in [3.63, 3.8) is 0 Å². The summed E-state index contributed by atoms with van der Waals surface area (Å²) in [6, 6.07) is 5.39. The van der Waals surface area contributed by atoms with Crippen LogP contribution in [0.4, 0.5) is 4.79 Å². The molecule has 26 heavy (non-hydrogen) atoms. The van der Waals surface area contributed by atoms with Crippen LogP contribution in [0, 0.1) is 0 Å². The van der Waals surface area contributed by atoms with Gasteiger partial charge in [0.1, 0.15) is 11.4 Å². The lowest BCUT2D eigenvalue weighted by Crippen LogP contribution is -2.32. The third kappa shape index (κ3) is 3.47. The Morgan fingerprint density at radius 1 is 1.27 bits per heavy atom. The third-order valence-corrected chi connectivity index (χ3v) is 4.64. The van der Waals surface area contributed by atoms with E-state index >= 15 is 0 Å². The monoisotopic (exact) mass is 357 g/mol. The molecule has 0 spiro atoms. The lowest BCUT2D eigenvalue weighted by molar-refractivity contribution is -0.119. The van der Waals surface area contributed by atoms with E-state index in [4.69, 9.17) is 4.74 Å². The Hall–Kier alpha value is -2.70. The van der Waals surface area contributed by atoms with Gasteiger partial charge in [0, 0.05) is 5.39 Å². The Labute approximate surface area is 151 Å². The van der Waals surface area contributed by atoms with Gasteiger partial charge in [0.2, 0.25) is 0 Å². The quantitative estimate of drug-likeness (QED) is 0.876. The van der Waals surface area contributed by atoms with Crippen LogP contribution in [0.5, 0.6) is 0 Å². The zero-order chi connectivity index (χ0) is 19.1. The van der Waals surface area contributed by atoms with Gasteiger partial charge in [0.15, 0.2) is 0 Å². The van der Waals surface area contributed by atoms with Gasteiger partial charge < -0.3 is 10.1 Å². The number of hydrogen-bond donors (Lipinski definition) is 2. The molecule has 7 nitrogen and oxygen atoms in total. The van der Waals surface area contributed by atoms with Crippen molar-refractivity contribution in [3.05, 3.63) is 39.8 Å². The molecular weight excluding hydrogens is 334 g/mol. The van der Waals surface area contributed by atoms with E-state index in [1.165, 1.54) is 0 Å². The zero-order valence-electron chi connectivity index (χ0n) is 15.4. The molecule has 1 amide bonds. The van der Waals surface area contributed by atoms with Crippen molar-refractivity contribution >= 4 is 22.6 Å². The minimum absolute atomic E-state index is 0.110. The van der Waals surface area contributed by atoms with E-state index in [0.29, 0.717) is 16.5 Å². The number of aromatic nitrogens is 2. The van der Waals surface area contributed by atoms with Gasteiger partial charge in [-0.3, -0.25) is 9.59 Å². The maximum absolute atomic E-state index is 12.1. The number of carbonyl (C=O) groups excluding carboxylic acids is 2.